The Hall–Kier alpha value is -2.47. The summed E-state index contributed by atoms with van der Waals surface area (Å²) < 4.78 is 4.99. The number of hydrogen-bond donors (Lipinski definition) is 1. The number of carbonyl (C=O) groups excluding carboxylic acids is 1. The topological polar surface area (TPSA) is 64.1 Å². The molecular formula is C16H15N3O2S. The van der Waals surface area contributed by atoms with Crippen LogP contribution in [0.5, 0.6) is 0 Å². The predicted molar refractivity (Wildman–Crippen MR) is 87.1 cm³/mol. The van der Waals surface area contributed by atoms with Gasteiger partial charge in [0.2, 0.25) is 5.82 Å². The molecule has 0 atom stereocenters. The first kappa shape index (κ1) is 14.5. The van der Waals surface area contributed by atoms with Gasteiger partial charge in [-0.25, -0.2) is 14.8 Å². The smallest absolute Gasteiger partial charge is 0.376 e. The minimum atomic E-state index is -0.507. The molecule has 22 heavy (non-hydrogen) atoms. The number of ether oxygens (including phenoxy) is 1. The van der Waals surface area contributed by atoms with Crippen molar-refractivity contribution < 1.29 is 9.53 Å². The van der Waals surface area contributed by atoms with Gasteiger partial charge >= 0.3 is 5.97 Å². The molecule has 0 unspecified atom stereocenters. The fourth-order valence-electron chi connectivity index (χ4n) is 2.08. The zero-order valence-corrected chi connectivity index (χ0v) is 12.9. The maximum atomic E-state index is 11.9. The van der Waals surface area contributed by atoms with E-state index in [0.717, 1.165) is 5.39 Å². The highest BCUT2D eigenvalue weighted by Gasteiger charge is 2.14. The maximum Gasteiger partial charge on any atom is 0.376 e. The van der Waals surface area contributed by atoms with Crippen molar-refractivity contribution >= 4 is 34.0 Å². The largest absolute Gasteiger partial charge is 0.460 e. The summed E-state index contributed by atoms with van der Waals surface area (Å²) in [6.45, 7) is 2.71. The van der Waals surface area contributed by atoms with Gasteiger partial charge in [0.1, 0.15) is 5.82 Å². The molecule has 112 valence electrons. The standard InChI is InChI=1S/C16H15N3O2S/c1-2-21-16(20)15-18-13-8-4-3-7-12(13)14(19-15)17-10-11-6-5-9-22-11/h3-9H,2,10H2,1H3,(H,17,18,19). The van der Waals surface area contributed by atoms with Crippen molar-refractivity contribution in [3.8, 4) is 0 Å². The minimum Gasteiger partial charge on any atom is -0.460 e. The minimum absolute atomic E-state index is 0.0780. The number of nitrogens with one attached hydrogen (secondary N) is 1. The van der Waals surface area contributed by atoms with Crippen molar-refractivity contribution in [2.24, 2.45) is 0 Å². The molecule has 0 saturated heterocycles. The highest BCUT2D eigenvalue weighted by atomic mass is 32.1. The Morgan fingerprint density at radius 3 is 2.86 bits per heavy atom. The molecule has 5 nitrogen and oxygen atoms in total. The molecule has 3 aromatic rings. The van der Waals surface area contributed by atoms with Crippen LogP contribution in [-0.4, -0.2) is 22.5 Å². The number of fused-ring (bicyclic) bond motifs is 1. The molecule has 0 bridgehead atoms. The second kappa shape index (κ2) is 6.53. The molecule has 0 aliphatic rings. The van der Waals surface area contributed by atoms with Crippen LogP contribution in [0.4, 0.5) is 5.82 Å². The van der Waals surface area contributed by atoms with Gasteiger partial charge in [0, 0.05) is 10.3 Å². The fourth-order valence-corrected chi connectivity index (χ4v) is 2.73. The molecule has 0 spiro atoms. The molecule has 1 aromatic carbocycles. The Morgan fingerprint density at radius 1 is 1.23 bits per heavy atom. The van der Waals surface area contributed by atoms with Crippen LogP contribution in [0.15, 0.2) is 41.8 Å². The van der Waals surface area contributed by atoms with Crippen LogP contribution in [-0.2, 0) is 11.3 Å². The van der Waals surface area contributed by atoms with Crippen molar-refractivity contribution in [3.05, 3.63) is 52.5 Å². The van der Waals surface area contributed by atoms with Gasteiger partial charge in [-0.15, -0.1) is 11.3 Å². The van der Waals surface area contributed by atoms with Gasteiger partial charge in [-0.3, -0.25) is 0 Å². The molecule has 3 rings (SSSR count). The number of esters is 1. The van der Waals surface area contributed by atoms with Gasteiger partial charge in [-0.1, -0.05) is 18.2 Å². The van der Waals surface area contributed by atoms with Crippen LogP contribution >= 0.6 is 11.3 Å². The molecule has 2 heterocycles. The van der Waals surface area contributed by atoms with Crippen molar-refractivity contribution in [1.29, 1.82) is 0 Å². The fraction of sp³-hybridized carbons (Fsp3) is 0.188. The number of anilines is 1. The van der Waals surface area contributed by atoms with Gasteiger partial charge in [-0.05, 0) is 30.5 Å². The zero-order chi connectivity index (χ0) is 15.4. The van der Waals surface area contributed by atoms with E-state index in [1.54, 1.807) is 18.3 Å². The number of nitrogens with zero attached hydrogens (tertiary/aromatic N) is 2. The Kier molecular flexibility index (Phi) is 4.29. The highest BCUT2D eigenvalue weighted by molar-refractivity contribution is 7.09. The number of benzene rings is 1. The summed E-state index contributed by atoms with van der Waals surface area (Å²) in [4.78, 5) is 21.7. The highest BCUT2D eigenvalue weighted by Crippen LogP contribution is 2.21. The lowest BCUT2D eigenvalue weighted by Crippen LogP contribution is -2.12. The second-order valence-electron chi connectivity index (χ2n) is 4.57. The first-order valence-corrected chi connectivity index (χ1v) is 7.86. The molecule has 0 fully saturated rings. The number of thiophene rings is 1. The first-order valence-electron chi connectivity index (χ1n) is 6.98. The third kappa shape index (κ3) is 3.07. The molecule has 0 radical (unpaired) electrons. The molecule has 0 amide bonds. The van der Waals surface area contributed by atoms with E-state index in [0.29, 0.717) is 24.5 Å². The normalized spacial score (nSPS) is 10.6. The molecule has 0 aliphatic heterocycles. The van der Waals surface area contributed by atoms with Crippen molar-refractivity contribution in [2.45, 2.75) is 13.5 Å². The maximum absolute atomic E-state index is 11.9. The first-order chi connectivity index (χ1) is 10.8. The monoisotopic (exact) mass is 313 g/mol. The Labute approximate surface area is 132 Å². The summed E-state index contributed by atoms with van der Waals surface area (Å²) in [5.41, 5.74) is 0.717. The van der Waals surface area contributed by atoms with E-state index in [1.165, 1.54) is 4.88 Å². The van der Waals surface area contributed by atoms with Gasteiger partial charge in [0.05, 0.1) is 18.7 Å². The number of aromatic nitrogens is 2. The van der Waals surface area contributed by atoms with Crippen molar-refractivity contribution in [3.63, 3.8) is 0 Å². The molecule has 6 heteroatoms. The van der Waals surface area contributed by atoms with E-state index in [-0.39, 0.29) is 5.82 Å². The molecule has 0 aliphatic carbocycles. The van der Waals surface area contributed by atoms with E-state index in [4.69, 9.17) is 4.74 Å². The van der Waals surface area contributed by atoms with Crippen LogP contribution in [0.25, 0.3) is 10.9 Å². The van der Waals surface area contributed by atoms with Crippen LogP contribution < -0.4 is 5.32 Å². The summed E-state index contributed by atoms with van der Waals surface area (Å²) in [7, 11) is 0. The van der Waals surface area contributed by atoms with E-state index in [2.05, 4.69) is 15.3 Å². The van der Waals surface area contributed by atoms with E-state index >= 15 is 0 Å². The van der Waals surface area contributed by atoms with E-state index in [1.807, 2.05) is 41.8 Å². The predicted octanol–water partition coefficient (Wildman–Crippen LogP) is 3.48. The molecule has 0 saturated carbocycles. The summed E-state index contributed by atoms with van der Waals surface area (Å²) in [6.07, 6.45) is 0. The van der Waals surface area contributed by atoms with Gasteiger partial charge in [0.25, 0.3) is 0 Å². The molecule has 2 aromatic heterocycles. The molecular weight excluding hydrogens is 298 g/mol. The van der Waals surface area contributed by atoms with Gasteiger partial charge in [0.15, 0.2) is 0 Å². The number of hydrogen-bond acceptors (Lipinski definition) is 6. The van der Waals surface area contributed by atoms with E-state index < -0.39 is 5.97 Å². The third-order valence-corrected chi connectivity index (χ3v) is 3.95. The number of carbonyl (C=O) groups is 1. The van der Waals surface area contributed by atoms with Crippen LogP contribution in [0, 0.1) is 0 Å². The number of para-hydroxylation sites is 1. The number of rotatable bonds is 5. The van der Waals surface area contributed by atoms with Crippen LogP contribution in [0.2, 0.25) is 0 Å². The molecule has 1 N–H and O–H groups in total. The average molecular weight is 313 g/mol. The van der Waals surface area contributed by atoms with Gasteiger partial charge < -0.3 is 10.1 Å². The Morgan fingerprint density at radius 2 is 2.09 bits per heavy atom. The summed E-state index contributed by atoms with van der Waals surface area (Å²) in [5.74, 6) is 0.212. The van der Waals surface area contributed by atoms with E-state index in [9.17, 15) is 4.79 Å². The lowest BCUT2D eigenvalue weighted by atomic mass is 10.2. The Balaban J connectivity index is 1.96. The third-order valence-electron chi connectivity index (χ3n) is 3.07. The quantitative estimate of drug-likeness (QED) is 0.731. The van der Waals surface area contributed by atoms with Crippen LogP contribution in [0.3, 0.4) is 0 Å². The Bertz CT molecular complexity index is 787. The lowest BCUT2D eigenvalue weighted by Gasteiger charge is -2.09. The van der Waals surface area contributed by atoms with Crippen LogP contribution in [0.1, 0.15) is 22.4 Å². The second-order valence-corrected chi connectivity index (χ2v) is 5.60. The summed E-state index contributed by atoms with van der Waals surface area (Å²) in [6, 6.07) is 11.6. The van der Waals surface area contributed by atoms with Gasteiger partial charge in [-0.2, -0.15) is 0 Å². The average Bonchev–Trinajstić information content (AvgIpc) is 3.06. The summed E-state index contributed by atoms with van der Waals surface area (Å²) in [5, 5.41) is 6.19. The summed E-state index contributed by atoms with van der Waals surface area (Å²) >= 11 is 1.67. The van der Waals surface area contributed by atoms with Crippen molar-refractivity contribution in [2.75, 3.05) is 11.9 Å². The zero-order valence-electron chi connectivity index (χ0n) is 12.1. The SMILES string of the molecule is CCOC(=O)c1nc(NCc2cccs2)c2ccccc2n1. The lowest BCUT2D eigenvalue weighted by molar-refractivity contribution is 0.0512. The van der Waals surface area contributed by atoms with Crippen molar-refractivity contribution in [1.82, 2.24) is 9.97 Å².